The Hall–Kier alpha value is -2.94. The SMILES string of the molecule is CN(C)C(=O)C[C@@H](O)c1cc2n(n1)CCN(c1ncccc1C(N)=O)C2. The molecule has 9 nitrogen and oxygen atoms in total. The number of aromatic nitrogens is 3. The van der Waals surface area contributed by atoms with Crippen molar-refractivity contribution in [3.63, 3.8) is 0 Å². The number of pyridine rings is 1. The molecule has 3 rings (SSSR count). The Morgan fingerprint density at radius 2 is 2.15 bits per heavy atom. The van der Waals surface area contributed by atoms with E-state index >= 15 is 0 Å². The minimum Gasteiger partial charge on any atom is -0.386 e. The fourth-order valence-corrected chi connectivity index (χ4v) is 2.93. The molecule has 9 heteroatoms. The Kier molecular flexibility index (Phi) is 4.90. The minimum absolute atomic E-state index is 0.0147. The molecule has 1 aliphatic rings. The highest BCUT2D eigenvalue weighted by Crippen LogP contribution is 2.25. The summed E-state index contributed by atoms with van der Waals surface area (Å²) in [6, 6.07) is 5.11. The Bertz CT molecular complexity index is 832. The largest absolute Gasteiger partial charge is 0.386 e. The number of aliphatic hydroxyl groups is 1. The van der Waals surface area contributed by atoms with E-state index < -0.39 is 12.0 Å². The van der Waals surface area contributed by atoms with E-state index in [1.54, 1.807) is 38.5 Å². The van der Waals surface area contributed by atoms with Crippen LogP contribution in [0.15, 0.2) is 24.4 Å². The molecule has 3 heterocycles. The molecule has 0 fully saturated rings. The van der Waals surface area contributed by atoms with Gasteiger partial charge in [-0.05, 0) is 18.2 Å². The normalized spacial score (nSPS) is 14.7. The molecular formula is C17H22N6O3. The number of nitrogens with zero attached hydrogens (tertiary/aromatic N) is 5. The lowest BCUT2D eigenvalue weighted by Crippen LogP contribution is -2.35. The van der Waals surface area contributed by atoms with Crippen LogP contribution in [0, 0.1) is 0 Å². The van der Waals surface area contributed by atoms with Crippen molar-refractivity contribution in [1.82, 2.24) is 19.7 Å². The molecule has 2 aromatic heterocycles. The summed E-state index contributed by atoms with van der Waals surface area (Å²) in [6.07, 6.45) is 0.655. The molecule has 2 aromatic rings. The molecule has 138 valence electrons. The first kappa shape index (κ1) is 17.9. The van der Waals surface area contributed by atoms with Crippen LogP contribution in [-0.2, 0) is 17.9 Å². The molecule has 0 bridgehead atoms. The molecule has 0 spiro atoms. The quantitative estimate of drug-likeness (QED) is 0.771. The smallest absolute Gasteiger partial charge is 0.252 e. The monoisotopic (exact) mass is 358 g/mol. The lowest BCUT2D eigenvalue weighted by Gasteiger charge is -2.29. The van der Waals surface area contributed by atoms with Crippen molar-refractivity contribution in [2.75, 3.05) is 25.5 Å². The van der Waals surface area contributed by atoms with Crippen LogP contribution in [0.3, 0.4) is 0 Å². The number of hydrogen-bond donors (Lipinski definition) is 2. The van der Waals surface area contributed by atoms with Gasteiger partial charge >= 0.3 is 0 Å². The van der Waals surface area contributed by atoms with Crippen molar-refractivity contribution in [3.8, 4) is 0 Å². The Morgan fingerprint density at radius 3 is 2.85 bits per heavy atom. The minimum atomic E-state index is -0.951. The Balaban J connectivity index is 1.79. The highest BCUT2D eigenvalue weighted by atomic mass is 16.3. The van der Waals surface area contributed by atoms with Crippen LogP contribution >= 0.6 is 0 Å². The number of carbonyl (C=O) groups excluding carboxylic acids is 2. The number of aliphatic hydroxyl groups excluding tert-OH is 1. The van der Waals surface area contributed by atoms with E-state index in [0.717, 1.165) is 5.69 Å². The molecule has 1 atom stereocenters. The molecule has 26 heavy (non-hydrogen) atoms. The van der Waals surface area contributed by atoms with E-state index in [-0.39, 0.29) is 12.3 Å². The molecule has 0 radical (unpaired) electrons. The predicted molar refractivity (Wildman–Crippen MR) is 94.3 cm³/mol. The first-order chi connectivity index (χ1) is 12.4. The lowest BCUT2D eigenvalue weighted by atomic mass is 10.1. The van der Waals surface area contributed by atoms with Crippen LogP contribution < -0.4 is 10.6 Å². The predicted octanol–water partition coefficient (Wildman–Crippen LogP) is -0.0911. The third kappa shape index (κ3) is 3.52. The standard InChI is InChI=1S/C17H22N6O3/c1-21(2)15(25)9-14(24)13-8-11-10-22(6-7-23(11)20-13)17-12(16(18)26)4-3-5-19-17/h3-5,8,14,24H,6-7,9-10H2,1-2H3,(H2,18,26)/t14-/m1/s1. The number of rotatable bonds is 5. The summed E-state index contributed by atoms with van der Waals surface area (Å²) in [5.74, 6) is -0.146. The van der Waals surface area contributed by atoms with Gasteiger partial charge in [0.2, 0.25) is 5.91 Å². The van der Waals surface area contributed by atoms with Gasteiger partial charge < -0.3 is 20.6 Å². The van der Waals surface area contributed by atoms with Crippen LogP contribution in [0.5, 0.6) is 0 Å². The maximum absolute atomic E-state index is 11.8. The average Bonchev–Trinajstić information content (AvgIpc) is 3.04. The molecule has 3 N–H and O–H groups in total. The highest BCUT2D eigenvalue weighted by Gasteiger charge is 2.25. The maximum atomic E-state index is 11.8. The molecule has 0 aliphatic carbocycles. The fraction of sp³-hybridized carbons (Fsp3) is 0.412. The number of fused-ring (bicyclic) bond motifs is 1. The summed E-state index contributed by atoms with van der Waals surface area (Å²) in [4.78, 5) is 31.1. The van der Waals surface area contributed by atoms with E-state index in [1.165, 1.54) is 4.90 Å². The third-order valence-corrected chi connectivity index (χ3v) is 4.38. The van der Waals surface area contributed by atoms with Crippen LogP contribution in [-0.4, -0.2) is 57.2 Å². The topological polar surface area (TPSA) is 118 Å². The number of amides is 2. The van der Waals surface area contributed by atoms with E-state index in [4.69, 9.17) is 5.73 Å². The highest BCUT2D eigenvalue weighted by molar-refractivity contribution is 5.97. The molecule has 0 saturated carbocycles. The summed E-state index contributed by atoms with van der Waals surface area (Å²) >= 11 is 0. The zero-order valence-corrected chi connectivity index (χ0v) is 14.8. The van der Waals surface area contributed by atoms with Gasteiger partial charge in [-0.2, -0.15) is 5.10 Å². The second-order valence-corrected chi connectivity index (χ2v) is 6.45. The summed E-state index contributed by atoms with van der Waals surface area (Å²) in [5.41, 5.74) is 7.16. The van der Waals surface area contributed by atoms with E-state index in [1.807, 2.05) is 9.58 Å². The van der Waals surface area contributed by atoms with Gasteiger partial charge in [-0.1, -0.05) is 0 Å². The Labute approximate surface area is 151 Å². The summed E-state index contributed by atoms with van der Waals surface area (Å²) < 4.78 is 1.81. The maximum Gasteiger partial charge on any atom is 0.252 e. The third-order valence-electron chi connectivity index (χ3n) is 4.38. The van der Waals surface area contributed by atoms with Crippen molar-refractivity contribution in [1.29, 1.82) is 0 Å². The van der Waals surface area contributed by atoms with Gasteiger partial charge in [0.05, 0.1) is 36.5 Å². The van der Waals surface area contributed by atoms with Crippen LogP contribution in [0.2, 0.25) is 0 Å². The molecular weight excluding hydrogens is 336 g/mol. The van der Waals surface area contributed by atoms with E-state index in [9.17, 15) is 14.7 Å². The van der Waals surface area contributed by atoms with Crippen LogP contribution in [0.4, 0.5) is 5.82 Å². The van der Waals surface area contributed by atoms with Crippen molar-refractivity contribution in [2.24, 2.45) is 5.73 Å². The van der Waals surface area contributed by atoms with Gasteiger partial charge in [-0.25, -0.2) is 4.98 Å². The molecule has 2 amide bonds. The molecule has 0 saturated heterocycles. The molecule has 1 aliphatic heterocycles. The van der Waals surface area contributed by atoms with E-state index in [0.29, 0.717) is 36.7 Å². The van der Waals surface area contributed by atoms with Crippen molar-refractivity contribution < 1.29 is 14.7 Å². The number of primary amides is 1. The first-order valence-corrected chi connectivity index (χ1v) is 8.31. The molecule has 0 unspecified atom stereocenters. The lowest BCUT2D eigenvalue weighted by molar-refractivity contribution is -0.130. The Morgan fingerprint density at radius 1 is 1.38 bits per heavy atom. The number of carbonyl (C=O) groups is 2. The first-order valence-electron chi connectivity index (χ1n) is 8.31. The van der Waals surface area contributed by atoms with Crippen molar-refractivity contribution >= 4 is 17.6 Å². The van der Waals surface area contributed by atoms with Gasteiger partial charge in [0.25, 0.3) is 5.91 Å². The van der Waals surface area contributed by atoms with E-state index in [2.05, 4.69) is 10.1 Å². The van der Waals surface area contributed by atoms with Gasteiger partial charge in [0.15, 0.2) is 0 Å². The van der Waals surface area contributed by atoms with Gasteiger partial charge in [-0.3, -0.25) is 14.3 Å². The van der Waals surface area contributed by atoms with Crippen LogP contribution in [0.25, 0.3) is 0 Å². The average molecular weight is 358 g/mol. The van der Waals surface area contributed by atoms with Gasteiger partial charge in [0.1, 0.15) is 11.9 Å². The number of nitrogens with two attached hydrogens (primary N) is 1. The second-order valence-electron chi connectivity index (χ2n) is 6.45. The van der Waals surface area contributed by atoms with Gasteiger partial charge in [-0.15, -0.1) is 0 Å². The van der Waals surface area contributed by atoms with Crippen molar-refractivity contribution in [3.05, 3.63) is 41.3 Å². The van der Waals surface area contributed by atoms with Crippen LogP contribution in [0.1, 0.15) is 34.3 Å². The summed E-state index contributed by atoms with van der Waals surface area (Å²) in [6.45, 7) is 1.68. The summed E-state index contributed by atoms with van der Waals surface area (Å²) in [5, 5.41) is 14.7. The second kappa shape index (κ2) is 7.12. The summed E-state index contributed by atoms with van der Waals surface area (Å²) in [7, 11) is 3.29. The number of hydrogen-bond acceptors (Lipinski definition) is 6. The fourth-order valence-electron chi connectivity index (χ4n) is 2.93. The van der Waals surface area contributed by atoms with Gasteiger partial charge in [0, 0.05) is 26.8 Å². The number of anilines is 1. The zero-order chi connectivity index (χ0) is 18.8. The van der Waals surface area contributed by atoms with Crippen molar-refractivity contribution in [2.45, 2.75) is 25.6 Å². The zero-order valence-electron chi connectivity index (χ0n) is 14.8. The molecule has 0 aromatic carbocycles.